The predicted octanol–water partition coefficient (Wildman–Crippen LogP) is 5.11. The number of hydrogen-bond donors (Lipinski definition) is 0. The number of aromatic nitrogens is 1. The Morgan fingerprint density at radius 1 is 1.07 bits per heavy atom. The molecule has 28 heavy (non-hydrogen) atoms. The van der Waals surface area contributed by atoms with Crippen LogP contribution in [0.4, 0.5) is 0 Å². The minimum Gasteiger partial charge on any atom is -0.457 e. The molecule has 0 aliphatic heterocycles. The van der Waals surface area contributed by atoms with Gasteiger partial charge in [0.15, 0.2) is 6.61 Å². The molecule has 4 rings (SSSR count). The molecule has 144 valence electrons. The van der Waals surface area contributed by atoms with E-state index in [0.717, 1.165) is 21.7 Å². The maximum atomic E-state index is 12.5. The number of esters is 1. The molecule has 1 aliphatic carbocycles. The lowest BCUT2D eigenvalue weighted by molar-refractivity contribution is -0.139. The Balaban J connectivity index is 1.31. The first-order valence-electron chi connectivity index (χ1n) is 9.52. The van der Waals surface area contributed by atoms with E-state index in [1.807, 2.05) is 44.2 Å². The Morgan fingerprint density at radius 3 is 2.57 bits per heavy atom. The highest BCUT2D eigenvalue weighted by molar-refractivity contribution is 8.00. The Kier molecular flexibility index (Phi) is 5.27. The number of hydrogen-bond acceptors (Lipinski definition) is 4. The second-order valence-electron chi connectivity index (χ2n) is 7.27. The van der Waals surface area contributed by atoms with Gasteiger partial charge in [0.05, 0.1) is 5.75 Å². The second-order valence-corrected chi connectivity index (χ2v) is 8.32. The van der Waals surface area contributed by atoms with Crippen LogP contribution in [0.25, 0.3) is 10.8 Å². The number of carbonyl (C=O) groups is 2. The molecule has 0 spiro atoms. The van der Waals surface area contributed by atoms with Crippen molar-refractivity contribution in [2.45, 2.75) is 37.6 Å². The van der Waals surface area contributed by atoms with Crippen LogP contribution in [0.5, 0.6) is 0 Å². The molecule has 1 aliphatic rings. The third-order valence-electron chi connectivity index (χ3n) is 5.14. The van der Waals surface area contributed by atoms with E-state index in [9.17, 15) is 9.59 Å². The quantitative estimate of drug-likeness (QED) is 0.318. The van der Waals surface area contributed by atoms with E-state index in [4.69, 9.17) is 4.74 Å². The van der Waals surface area contributed by atoms with Gasteiger partial charge in [-0.25, -0.2) is 0 Å². The minimum atomic E-state index is -0.373. The lowest BCUT2D eigenvalue weighted by atomic mass is 10.1. The largest absolute Gasteiger partial charge is 0.457 e. The first kappa shape index (κ1) is 18.8. The molecular formula is C23H23NO3S. The minimum absolute atomic E-state index is 0.135. The van der Waals surface area contributed by atoms with Crippen LogP contribution in [0.2, 0.25) is 0 Å². The van der Waals surface area contributed by atoms with E-state index < -0.39 is 0 Å². The van der Waals surface area contributed by atoms with E-state index >= 15 is 0 Å². The summed E-state index contributed by atoms with van der Waals surface area (Å²) in [6.45, 7) is 3.79. The number of nitrogens with zero attached hydrogens (tertiary/aromatic N) is 1. The van der Waals surface area contributed by atoms with Gasteiger partial charge in [0, 0.05) is 27.9 Å². The molecule has 2 aromatic carbocycles. The first-order chi connectivity index (χ1) is 13.5. The zero-order valence-electron chi connectivity index (χ0n) is 16.1. The van der Waals surface area contributed by atoms with E-state index in [2.05, 4.69) is 22.8 Å². The standard InChI is InChI=1S/C23H23NO3S/c1-15-11-21(16(2)24(15)19-8-9-19)22(25)13-27-23(26)14-28-20-10-7-17-5-3-4-6-18(17)12-20/h3-7,10-12,19H,8-9,13-14H2,1-2H3. The summed E-state index contributed by atoms with van der Waals surface area (Å²) in [7, 11) is 0. The lowest BCUT2D eigenvalue weighted by Crippen LogP contribution is -2.16. The molecule has 1 aromatic heterocycles. The van der Waals surface area contributed by atoms with Crippen molar-refractivity contribution >= 4 is 34.3 Å². The zero-order chi connectivity index (χ0) is 19.7. The number of rotatable bonds is 7. The van der Waals surface area contributed by atoms with Crippen LogP contribution >= 0.6 is 11.8 Å². The van der Waals surface area contributed by atoms with Crippen molar-refractivity contribution in [3.8, 4) is 0 Å². The highest BCUT2D eigenvalue weighted by Gasteiger charge is 2.28. The van der Waals surface area contributed by atoms with Gasteiger partial charge in [0.2, 0.25) is 5.78 Å². The summed E-state index contributed by atoms with van der Waals surface area (Å²) < 4.78 is 7.46. The van der Waals surface area contributed by atoms with Gasteiger partial charge in [0.1, 0.15) is 0 Å². The normalized spacial score (nSPS) is 13.6. The monoisotopic (exact) mass is 393 g/mol. The van der Waals surface area contributed by atoms with E-state index in [1.165, 1.54) is 30.0 Å². The molecule has 1 saturated carbocycles. The maximum Gasteiger partial charge on any atom is 0.316 e. The van der Waals surface area contributed by atoms with Crippen molar-refractivity contribution in [2.75, 3.05) is 12.4 Å². The van der Waals surface area contributed by atoms with Gasteiger partial charge in [-0.05, 0) is 55.7 Å². The summed E-state index contributed by atoms with van der Waals surface area (Å²) in [6, 6.07) is 16.7. The van der Waals surface area contributed by atoms with Crippen molar-refractivity contribution < 1.29 is 14.3 Å². The number of fused-ring (bicyclic) bond motifs is 1. The van der Waals surface area contributed by atoms with Crippen molar-refractivity contribution in [2.24, 2.45) is 0 Å². The van der Waals surface area contributed by atoms with Gasteiger partial charge in [-0.3, -0.25) is 9.59 Å². The highest BCUT2D eigenvalue weighted by Crippen LogP contribution is 2.38. The van der Waals surface area contributed by atoms with Crippen molar-refractivity contribution in [1.29, 1.82) is 0 Å². The van der Waals surface area contributed by atoms with Crippen LogP contribution < -0.4 is 0 Å². The first-order valence-corrected chi connectivity index (χ1v) is 10.5. The van der Waals surface area contributed by atoms with Gasteiger partial charge in [-0.15, -0.1) is 11.8 Å². The molecule has 0 amide bonds. The van der Waals surface area contributed by atoms with Crippen LogP contribution in [0.15, 0.2) is 53.4 Å². The molecule has 1 fully saturated rings. The average Bonchev–Trinajstić information content (AvgIpc) is 3.48. The third kappa shape index (κ3) is 3.99. The van der Waals surface area contributed by atoms with E-state index in [1.54, 1.807) is 0 Å². The molecular weight excluding hydrogens is 370 g/mol. The molecule has 3 aromatic rings. The summed E-state index contributed by atoms with van der Waals surface area (Å²) in [6.07, 6.45) is 2.34. The van der Waals surface area contributed by atoms with Crippen molar-refractivity contribution in [1.82, 2.24) is 4.57 Å². The third-order valence-corrected chi connectivity index (χ3v) is 6.11. The maximum absolute atomic E-state index is 12.5. The number of Topliss-reactive ketones (excluding diaryl/α,β-unsaturated/α-hetero) is 1. The van der Waals surface area contributed by atoms with Crippen LogP contribution in [-0.2, 0) is 9.53 Å². The fraction of sp³-hybridized carbons (Fsp3) is 0.304. The van der Waals surface area contributed by atoms with E-state index in [0.29, 0.717) is 11.6 Å². The topological polar surface area (TPSA) is 48.3 Å². The zero-order valence-corrected chi connectivity index (χ0v) is 16.9. The van der Waals surface area contributed by atoms with Gasteiger partial charge >= 0.3 is 5.97 Å². The highest BCUT2D eigenvalue weighted by atomic mass is 32.2. The predicted molar refractivity (Wildman–Crippen MR) is 112 cm³/mol. The number of carbonyl (C=O) groups excluding carboxylic acids is 2. The summed E-state index contributed by atoms with van der Waals surface area (Å²) in [5.41, 5.74) is 2.74. The van der Waals surface area contributed by atoms with Crippen LogP contribution in [0, 0.1) is 13.8 Å². The van der Waals surface area contributed by atoms with Gasteiger partial charge in [-0.2, -0.15) is 0 Å². The summed E-state index contributed by atoms with van der Waals surface area (Å²) in [4.78, 5) is 25.6. The molecule has 0 bridgehead atoms. The molecule has 0 saturated heterocycles. The van der Waals surface area contributed by atoms with Crippen LogP contribution in [0.3, 0.4) is 0 Å². The van der Waals surface area contributed by atoms with Gasteiger partial charge < -0.3 is 9.30 Å². The molecule has 5 heteroatoms. The fourth-order valence-corrected chi connectivity index (χ4v) is 4.36. The molecule has 4 nitrogen and oxygen atoms in total. The van der Waals surface area contributed by atoms with E-state index in [-0.39, 0.29) is 24.1 Å². The SMILES string of the molecule is Cc1cc(C(=O)COC(=O)CSc2ccc3ccccc3c2)c(C)n1C1CC1. The number of thioether (sulfide) groups is 1. The second kappa shape index (κ2) is 7.84. The smallest absolute Gasteiger partial charge is 0.316 e. The number of ketones is 1. The van der Waals surface area contributed by atoms with Gasteiger partial charge in [0.25, 0.3) is 0 Å². The average molecular weight is 394 g/mol. The molecule has 0 unspecified atom stereocenters. The molecule has 0 N–H and O–H groups in total. The summed E-state index contributed by atoms with van der Waals surface area (Å²) in [5, 5.41) is 2.31. The molecule has 1 heterocycles. The number of ether oxygens (including phenoxy) is 1. The number of aryl methyl sites for hydroxylation is 1. The van der Waals surface area contributed by atoms with Crippen LogP contribution in [-0.4, -0.2) is 28.7 Å². The Morgan fingerprint density at radius 2 is 1.82 bits per heavy atom. The van der Waals surface area contributed by atoms with Crippen LogP contribution in [0.1, 0.15) is 40.6 Å². The number of benzene rings is 2. The Bertz CT molecular complexity index is 1050. The molecule has 0 atom stereocenters. The molecule has 0 radical (unpaired) electrons. The van der Waals surface area contributed by atoms with Crippen molar-refractivity contribution in [3.05, 3.63) is 65.5 Å². The van der Waals surface area contributed by atoms with Gasteiger partial charge in [-0.1, -0.05) is 30.3 Å². The lowest BCUT2D eigenvalue weighted by Gasteiger charge is -2.08. The Labute approximate surface area is 168 Å². The fourth-order valence-electron chi connectivity index (χ4n) is 3.62. The van der Waals surface area contributed by atoms with Crippen molar-refractivity contribution in [3.63, 3.8) is 0 Å². The summed E-state index contributed by atoms with van der Waals surface area (Å²) in [5.74, 6) is -0.321. The Hall–Kier alpha value is -2.53. The summed E-state index contributed by atoms with van der Waals surface area (Å²) >= 11 is 1.42.